The van der Waals surface area contributed by atoms with Crippen molar-refractivity contribution in [2.45, 2.75) is 32.9 Å². The third kappa shape index (κ3) is 3.21. The Morgan fingerprint density at radius 1 is 1.43 bits per heavy atom. The van der Waals surface area contributed by atoms with Gasteiger partial charge in [-0.2, -0.15) is 0 Å². The van der Waals surface area contributed by atoms with Crippen LogP contribution in [0, 0.1) is 6.92 Å². The maximum atomic E-state index is 11.8. The zero-order chi connectivity index (χ0) is 14.7. The van der Waals surface area contributed by atoms with E-state index in [1.165, 1.54) is 0 Å². The number of aryl methyl sites for hydroxylation is 2. The summed E-state index contributed by atoms with van der Waals surface area (Å²) in [5.41, 5.74) is 1.10. The molecule has 2 aromatic rings. The molecule has 1 amide bonds. The number of nitrogens with zero attached hydrogens (tertiary/aromatic N) is 3. The van der Waals surface area contributed by atoms with Crippen molar-refractivity contribution in [2.75, 3.05) is 6.61 Å². The van der Waals surface area contributed by atoms with Crippen LogP contribution in [0.15, 0.2) is 24.3 Å². The highest BCUT2D eigenvalue weighted by Crippen LogP contribution is 2.14. The molecule has 0 atom stereocenters. The zero-order valence-corrected chi connectivity index (χ0v) is 12.0. The monoisotopic (exact) mass is 286 g/mol. The molecule has 0 bridgehead atoms. The van der Waals surface area contributed by atoms with Crippen LogP contribution in [0.4, 0.5) is 0 Å². The Labute approximate surface area is 123 Å². The standard InChI is InChI=1S/C15H18N4O2/c1-11-4-2-5-12(8-11)21-10-15(20)16-9-14-18-17-13-6-3-7-19(13)14/h2,4-5,8H,3,6-7,9-10H2,1H3,(H,16,20). The van der Waals surface area contributed by atoms with Crippen molar-refractivity contribution in [1.82, 2.24) is 20.1 Å². The molecule has 2 heterocycles. The van der Waals surface area contributed by atoms with E-state index in [0.717, 1.165) is 36.6 Å². The molecule has 6 nitrogen and oxygen atoms in total. The number of aromatic nitrogens is 3. The lowest BCUT2D eigenvalue weighted by Gasteiger charge is -2.08. The second kappa shape index (κ2) is 5.95. The van der Waals surface area contributed by atoms with Crippen LogP contribution in [-0.2, 0) is 24.3 Å². The number of rotatable bonds is 5. The Bertz CT molecular complexity index is 651. The van der Waals surface area contributed by atoms with Crippen LogP contribution in [0.5, 0.6) is 5.75 Å². The highest BCUT2D eigenvalue weighted by molar-refractivity contribution is 5.77. The van der Waals surface area contributed by atoms with Gasteiger partial charge in [0.15, 0.2) is 12.4 Å². The van der Waals surface area contributed by atoms with E-state index < -0.39 is 0 Å². The molecule has 0 aliphatic carbocycles. The van der Waals surface area contributed by atoms with Crippen LogP contribution in [0.3, 0.4) is 0 Å². The van der Waals surface area contributed by atoms with Gasteiger partial charge in [0.05, 0.1) is 6.54 Å². The summed E-state index contributed by atoms with van der Waals surface area (Å²) in [7, 11) is 0. The highest BCUT2D eigenvalue weighted by Gasteiger charge is 2.17. The molecule has 0 spiro atoms. The minimum Gasteiger partial charge on any atom is -0.484 e. The topological polar surface area (TPSA) is 69.0 Å². The number of fused-ring (bicyclic) bond motifs is 1. The summed E-state index contributed by atoms with van der Waals surface area (Å²) in [6, 6.07) is 7.63. The molecule has 1 N–H and O–H groups in total. The molecular weight excluding hydrogens is 268 g/mol. The Hall–Kier alpha value is -2.37. The number of ether oxygens (including phenoxy) is 1. The maximum Gasteiger partial charge on any atom is 0.258 e. The van der Waals surface area contributed by atoms with Crippen LogP contribution in [-0.4, -0.2) is 27.3 Å². The summed E-state index contributed by atoms with van der Waals surface area (Å²) < 4.78 is 7.53. The molecule has 1 aromatic heterocycles. The molecule has 0 saturated carbocycles. The summed E-state index contributed by atoms with van der Waals surface area (Å²) in [6.07, 6.45) is 2.07. The van der Waals surface area contributed by atoms with Crippen molar-refractivity contribution in [3.63, 3.8) is 0 Å². The van der Waals surface area contributed by atoms with E-state index in [-0.39, 0.29) is 12.5 Å². The second-order valence-corrected chi connectivity index (χ2v) is 5.17. The second-order valence-electron chi connectivity index (χ2n) is 5.17. The number of hydrogen-bond donors (Lipinski definition) is 1. The first-order valence-corrected chi connectivity index (χ1v) is 7.09. The first-order valence-electron chi connectivity index (χ1n) is 7.09. The number of nitrogens with one attached hydrogen (secondary N) is 1. The fourth-order valence-electron chi connectivity index (χ4n) is 2.42. The zero-order valence-electron chi connectivity index (χ0n) is 12.0. The van der Waals surface area contributed by atoms with Gasteiger partial charge in [-0.15, -0.1) is 10.2 Å². The lowest BCUT2D eigenvalue weighted by molar-refractivity contribution is -0.123. The van der Waals surface area contributed by atoms with E-state index in [4.69, 9.17) is 4.74 Å². The van der Waals surface area contributed by atoms with Crippen molar-refractivity contribution in [3.05, 3.63) is 41.5 Å². The summed E-state index contributed by atoms with van der Waals surface area (Å²) in [5, 5.41) is 11.0. The minimum absolute atomic E-state index is 0.00441. The van der Waals surface area contributed by atoms with Crippen LogP contribution in [0.25, 0.3) is 0 Å². The summed E-state index contributed by atoms with van der Waals surface area (Å²) in [5.74, 6) is 2.36. The molecular formula is C15H18N4O2. The van der Waals surface area contributed by atoms with E-state index in [1.807, 2.05) is 31.2 Å². The smallest absolute Gasteiger partial charge is 0.258 e. The Kier molecular flexibility index (Phi) is 3.85. The Morgan fingerprint density at radius 2 is 2.33 bits per heavy atom. The van der Waals surface area contributed by atoms with Crippen molar-refractivity contribution in [1.29, 1.82) is 0 Å². The number of hydrogen-bond acceptors (Lipinski definition) is 4. The van der Waals surface area contributed by atoms with Crippen LogP contribution >= 0.6 is 0 Å². The van der Waals surface area contributed by atoms with Gasteiger partial charge < -0.3 is 14.6 Å². The quantitative estimate of drug-likeness (QED) is 0.897. The molecule has 1 aliphatic heterocycles. The number of carbonyl (C=O) groups excluding carboxylic acids is 1. The highest BCUT2D eigenvalue weighted by atomic mass is 16.5. The molecule has 1 aliphatic rings. The van der Waals surface area contributed by atoms with Gasteiger partial charge >= 0.3 is 0 Å². The normalized spacial score (nSPS) is 13.0. The number of amides is 1. The molecule has 6 heteroatoms. The van der Waals surface area contributed by atoms with Crippen molar-refractivity contribution >= 4 is 5.91 Å². The van der Waals surface area contributed by atoms with Crippen molar-refractivity contribution in [2.24, 2.45) is 0 Å². The fraction of sp³-hybridized carbons (Fsp3) is 0.400. The lowest BCUT2D eigenvalue weighted by Crippen LogP contribution is -2.29. The minimum atomic E-state index is -0.160. The first kappa shape index (κ1) is 13.6. The van der Waals surface area contributed by atoms with E-state index in [9.17, 15) is 4.79 Å². The van der Waals surface area contributed by atoms with E-state index in [0.29, 0.717) is 12.3 Å². The Balaban J connectivity index is 1.48. The average Bonchev–Trinajstić information content (AvgIpc) is 3.06. The van der Waals surface area contributed by atoms with Gasteiger partial charge in [-0.3, -0.25) is 4.79 Å². The van der Waals surface area contributed by atoms with Gasteiger partial charge in [0, 0.05) is 13.0 Å². The third-order valence-corrected chi connectivity index (χ3v) is 3.49. The van der Waals surface area contributed by atoms with E-state index in [1.54, 1.807) is 0 Å². The van der Waals surface area contributed by atoms with Gasteiger partial charge in [-0.25, -0.2) is 0 Å². The van der Waals surface area contributed by atoms with Gasteiger partial charge in [0.1, 0.15) is 11.6 Å². The van der Waals surface area contributed by atoms with Gasteiger partial charge in [-0.05, 0) is 31.0 Å². The summed E-state index contributed by atoms with van der Waals surface area (Å²) in [6.45, 7) is 3.32. The molecule has 0 saturated heterocycles. The van der Waals surface area contributed by atoms with Crippen molar-refractivity contribution < 1.29 is 9.53 Å². The van der Waals surface area contributed by atoms with Crippen LogP contribution < -0.4 is 10.1 Å². The average molecular weight is 286 g/mol. The maximum absolute atomic E-state index is 11.8. The molecule has 0 unspecified atom stereocenters. The van der Waals surface area contributed by atoms with Gasteiger partial charge in [0.2, 0.25) is 0 Å². The predicted molar refractivity (Wildman–Crippen MR) is 76.9 cm³/mol. The molecule has 0 radical (unpaired) electrons. The van der Waals surface area contributed by atoms with Crippen LogP contribution in [0.1, 0.15) is 23.6 Å². The molecule has 110 valence electrons. The van der Waals surface area contributed by atoms with Crippen molar-refractivity contribution in [3.8, 4) is 5.75 Å². The van der Waals surface area contributed by atoms with E-state index >= 15 is 0 Å². The molecule has 1 aromatic carbocycles. The third-order valence-electron chi connectivity index (χ3n) is 3.49. The van der Waals surface area contributed by atoms with E-state index in [2.05, 4.69) is 20.1 Å². The summed E-state index contributed by atoms with van der Waals surface area (Å²) in [4.78, 5) is 11.8. The lowest BCUT2D eigenvalue weighted by atomic mass is 10.2. The van der Waals surface area contributed by atoms with Crippen LogP contribution in [0.2, 0.25) is 0 Å². The predicted octanol–water partition coefficient (Wildman–Crippen LogP) is 1.23. The number of benzene rings is 1. The number of carbonyl (C=O) groups is 1. The molecule has 3 rings (SSSR count). The van der Waals surface area contributed by atoms with Gasteiger partial charge in [0.25, 0.3) is 5.91 Å². The molecule has 21 heavy (non-hydrogen) atoms. The summed E-state index contributed by atoms with van der Waals surface area (Å²) >= 11 is 0. The first-order chi connectivity index (χ1) is 10.2. The Morgan fingerprint density at radius 3 is 3.19 bits per heavy atom. The fourth-order valence-corrected chi connectivity index (χ4v) is 2.42. The SMILES string of the molecule is Cc1cccc(OCC(=O)NCc2nnc3n2CCC3)c1. The largest absolute Gasteiger partial charge is 0.484 e. The molecule has 0 fully saturated rings. The van der Waals surface area contributed by atoms with Gasteiger partial charge in [-0.1, -0.05) is 12.1 Å².